The number of aliphatic carboxylic acids is 1. The fourth-order valence-corrected chi connectivity index (χ4v) is 0.694. The van der Waals surface area contributed by atoms with Crippen LogP contribution in [0.15, 0.2) is 12.4 Å². The Bertz CT molecular complexity index is 170. The van der Waals surface area contributed by atoms with Gasteiger partial charge in [0.15, 0.2) is 0 Å². The Morgan fingerprint density at radius 1 is 1.67 bits per heavy atom. The summed E-state index contributed by atoms with van der Waals surface area (Å²) < 4.78 is 0. The van der Waals surface area contributed by atoms with E-state index in [-0.39, 0.29) is 0 Å². The average molecular weight is 174 g/mol. The summed E-state index contributed by atoms with van der Waals surface area (Å²) >= 11 is 0. The molecule has 0 aliphatic heterocycles. The van der Waals surface area contributed by atoms with Crippen LogP contribution in [0.3, 0.4) is 0 Å². The van der Waals surface area contributed by atoms with Gasteiger partial charge in [0, 0.05) is 6.54 Å². The van der Waals surface area contributed by atoms with Gasteiger partial charge in [0.25, 0.3) is 0 Å². The lowest BCUT2D eigenvalue weighted by molar-refractivity contribution is -0.138. The lowest BCUT2D eigenvalue weighted by atomic mass is 10.2. The van der Waals surface area contributed by atoms with Crippen LogP contribution in [0, 0.1) is 0 Å². The molecule has 0 fully saturated rings. The van der Waals surface area contributed by atoms with E-state index < -0.39 is 12.0 Å². The largest absolute Gasteiger partial charge is 0.480 e. The third kappa shape index (κ3) is 5.55. The maximum atomic E-state index is 10.2. The minimum Gasteiger partial charge on any atom is -0.480 e. The number of nitrogens with two attached hydrogens (primary N) is 2. The van der Waals surface area contributed by atoms with Crippen LogP contribution in [0.25, 0.3) is 0 Å². The summed E-state index contributed by atoms with van der Waals surface area (Å²) in [5.74, 6) is -0.583. The third-order valence-corrected chi connectivity index (χ3v) is 1.36. The normalized spacial score (nSPS) is 12.1. The van der Waals surface area contributed by atoms with Crippen molar-refractivity contribution < 1.29 is 9.90 Å². The molecule has 5 heteroatoms. The highest BCUT2D eigenvalue weighted by molar-refractivity contribution is 5.72. The van der Waals surface area contributed by atoms with E-state index in [4.69, 9.17) is 16.6 Å². The van der Waals surface area contributed by atoms with Gasteiger partial charge in [0.1, 0.15) is 6.04 Å². The van der Waals surface area contributed by atoms with Crippen LogP contribution in [0.5, 0.6) is 0 Å². The molecule has 0 saturated heterocycles. The molecule has 0 bridgehead atoms. The predicted molar refractivity (Wildman–Crippen MR) is 46.2 cm³/mol. The third-order valence-electron chi connectivity index (χ3n) is 1.36. The topological polar surface area (TPSA) is 101 Å². The molecule has 0 aromatic carbocycles. The monoisotopic (exact) mass is 174 g/mol. The molecule has 12 heavy (non-hydrogen) atoms. The summed E-state index contributed by atoms with van der Waals surface area (Å²) in [5, 5.41) is 11.2. The molecule has 0 radical (unpaired) electrons. The van der Waals surface area contributed by atoms with Crippen LogP contribution in [0.2, 0.25) is 0 Å². The highest BCUT2D eigenvalue weighted by Crippen LogP contribution is 1.93. The van der Waals surface area contributed by atoms with Crippen LogP contribution >= 0.6 is 0 Å². The number of carboxylic acids is 1. The predicted octanol–water partition coefficient (Wildman–Crippen LogP) is -0.802. The van der Waals surface area contributed by atoms with Gasteiger partial charge in [-0.05, 0) is 12.8 Å². The summed E-state index contributed by atoms with van der Waals surface area (Å²) in [6.45, 7) is 4.03. The van der Waals surface area contributed by atoms with Gasteiger partial charge >= 0.3 is 5.97 Å². The van der Waals surface area contributed by atoms with Crippen molar-refractivity contribution in [2.24, 2.45) is 11.5 Å². The van der Waals surface area contributed by atoms with Crippen molar-refractivity contribution in [3.63, 3.8) is 0 Å². The Kier molecular flexibility index (Phi) is 4.87. The number of rotatable bonds is 6. The SMILES string of the molecule is C=C([15NH2])NCCC[C@H](N)C(=O)O. The van der Waals surface area contributed by atoms with Gasteiger partial charge in [-0.2, -0.15) is 0 Å². The lowest BCUT2D eigenvalue weighted by Gasteiger charge is -2.07. The second kappa shape index (κ2) is 5.42. The number of carboxylic acid groups (broad SMARTS) is 1. The minimum atomic E-state index is -0.971. The average Bonchev–Trinajstić information content (AvgIpc) is 1.97. The maximum Gasteiger partial charge on any atom is 0.320 e. The first-order valence-corrected chi connectivity index (χ1v) is 3.70. The van der Waals surface area contributed by atoms with Crippen LogP contribution in [0.1, 0.15) is 12.8 Å². The molecule has 0 saturated carbocycles. The summed E-state index contributed by atoms with van der Waals surface area (Å²) in [7, 11) is 0. The Hall–Kier alpha value is -1.23. The van der Waals surface area contributed by atoms with Crippen LogP contribution < -0.4 is 16.8 Å². The molecule has 0 aromatic heterocycles. The highest BCUT2D eigenvalue weighted by Gasteiger charge is 2.09. The van der Waals surface area contributed by atoms with Crippen molar-refractivity contribution in [2.45, 2.75) is 18.9 Å². The van der Waals surface area contributed by atoms with E-state index in [2.05, 4.69) is 11.9 Å². The fourth-order valence-electron chi connectivity index (χ4n) is 0.694. The molecule has 0 aliphatic carbocycles. The van der Waals surface area contributed by atoms with Gasteiger partial charge < -0.3 is 21.9 Å². The first kappa shape index (κ1) is 10.8. The Balaban J connectivity index is 3.31. The molecule has 0 rings (SSSR count). The molecule has 1 atom stereocenters. The first-order valence-electron chi connectivity index (χ1n) is 3.70. The zero-order valence-electron chi connectivity index (χ0n) is 6.92. The molecule has 0 amide bonds. The summed E-state index contributed by atoms with van der Waals surface area (Å²) in [6, 6.07) is -0.780. The van der Waals surface area contributed by atoms with Gasteiger partial charge in [0.05, 0.1) is 5.82 Å². The molecule has 0 spiro atoms. The quantitative estimate of drug-likeness (QED) is 0.312. The van der Waals surface area contributed by atoms with Crippen molar-refractivity contribution in [3.05, 3.63) is 12.4 Å². The molecule has 6 N–H and O–H groups in total. The van der Waals surface area contributed by atoms with Gasteiger partial charge in [-0.25, -0.2) is 0 Å². The number of carbonyl (C=O) groups is 1. The molecule has 70 valence electrons. The molecule has 0 aliphatic rings. The standard InChI is InChI=1S/C7H15N3O2/c1-5(8)10-4-2-3-6(9)7(11)12/h6,10H,1-4,8-9H2,(H,11,12)/t6-/m0/s1/i8+1. The van der Waals surface area contributed by atoms with Crippen molar-refractivity contribution in [1.29, 1.82) is 0 Å². The fraction of sp³-hybridized carbons (Fsp3) is 0.571. The van der Waals surface area contributed by atoms with Crippen LogP contribution in [-0.4, -0.2) is 23.7 Å². The van der Waals surface area contributed by atoms with E-state index in [0.717, 1.165) is 0 Å². The molecule has 0 heterocycles. The summed E-state index contributed by atoms with van der Waals surface area (Å²) in [6.07, 6.45) is 1.11. The second-order valence-electron chi connectivity index (χ2n) is 2.54. The molecular formula is C7H15N3O2. The van der Waals surface area contributed by atoms with E-state index >= 15 is 0 Å². The smallest absolute Gasteiger partial charge is 0.320 e. The van der Waals surface area contributed by atoms with Crippen molar-refractivity contribution in [2.75, 3.05) is 6.54 Å². The van der Waals surface area contributed by atoms with E-state index in [0.29, 0.717) is 25.2 Å². The second-order valence-corrected chi connectivity index (χ2v) is 2.54. The molecule has 0 aromatic rings. The van der Waals surface area contributed by atoms with Gasteiger partial charge in [-0.3, -0.25) is 4.79 Å². The molecule has 0 unspecified atom stereocenters. The van der Waals surface area contributed by atoms with Crippen LogP contribution in [0.4, 0.5) is 0 Å². The first-order chi connectivity index (χ1) is 5.54. The van der Waals surface area contributed by atoms with Gasteiger partial charge in [-0.15, -0.1) is 0 Å². The van der Waals surface area contributed by atoms with Crippen molar-refractivity contribution in [1.82, 2.24) is 5.32 Å². The molecule has 5 nitrogen and oxygen atoms in total. The minimum absolute atomic E-state index is 0.388. The maximum absolute atomic E-state index is 10.2. The Morgan fingerprint density at radius 2 is 2.25 bits per heavy atom. The summed E-state index contributed by atoms with van der Waals surface area (Å²) in [5.41, 5.74) is 10.5. The van der Waals surface area contributed by atoms with Crippen molar-refractivity contribution >= 4 is 5.97 Å². The van der Waals surface area contributed by atoms with Gasteiger partial charge in [0.2, 0.25) is 0 Å². The van der Waals surface area contributed by atoms with E-state index in [1.54, 1.807) is 0 Å². The Morgan fingerprint density at radius 3 is 2.67 bits per heavy atom. The van der Waals surface area contributed by atoms with Crippen LogP contribution in [-0.2, 0) is 4.79 Å². The van der Waals surface area contributed by atoms with E-state index in [1.807, 2.05) is 0 Å². The number of hydrogen-bond donors (Lipinski definition) is 4. The molecular weight excluding hydrogens is 159 g/mol. The van der Waals surface area contributed by atoms with E-state index in [1.165, 1.54) is 0 Å². The zero-order chi connectivity index (χ0) is 9.56. The van der Waals surface area contributed by atoms with Gasteiger partial charge in [-0.1, -0.05) is 6.58 Å². The summed E-state index contributed by atoms with van der Waals surface area (Å²) in [4.78, 5) is 10.2. The zero-order valence-corrected chi connectivity index (χ0v) is 6.92. The number of nitrogens with one attached hydrogen (secondary N) is 1. The highest BCUT2D eigenvalue weighted by atomic mass is 16.4. The van der Waals surface area contributed by atoms with E-state index in [9.17, 15) is 4.79 Å². The Labute approximate surface area is 71.4 Å². The lowest BCUT2D eigenvalue weighted by Crippen LogP contribution is -2.31. The number of hydrogen-bond acceptors (Lipinski definition) is 4. The van der Waals surface area contributed by atoms with Crippen molar-refractivity contribution in [3.8, 4) is 0 Å².